The summed E-state index contributed by atoms with van der Waals surface area (Å²) in [4.78, 5) is 0. The van der Waals surface area contributed by atoms with Gasteiger partial charge in [0.2, 0.25) is 0 Å². The number of rotatable bonds is 15. The van der Waals surface area contributed by atoms with Crippen LogP contribution >= 0.6 is 0 Å². The molecule has 1 nitrogen and oxygen atoms in total. The van der Waals surface area contributed by atoms with Crippen molar-refractivity contribution in [1.82, 2.24) is 5.32 Å². The highest BCUT2D eigenvalue weighted by molar-refractivity contribution is 4.71. The van der Waals surface area contributed by atoms with Crippen LogP contribution in [0.4, 0.5) is 0 Å². The Morgan fingerprint density at radius 2 is 1.20 bits per heavy atom. The Kier molecular flexibility index (Phi) is 15.3. The average Bonchev–Trinajstić information content (AvgIpc) is 2.46. The van der Waals surface area contributed by atoms with E-state index in [2.05, 4.69) is 33.0 Å². The smallest absolute Gasteiger partial charge is 0.00899 e. The summed E-state index contributed by atoms with van der Waals surface area (Å²) >= 11 is 0. The van der Waals surface area contributed by atoms with Gasteiger partial charge in [-0.2, -0.15) is 0 Å². The van der Waals surface area contributed by atoms with Gasteiger partial charge in [0.05, 0.1) is 0 Å². The second-order valence-electron chi connectivity index (χ2n) is 6.52. The molecule has 1 heteroatoms. The van der Waals surface area contributed by atoms with E-state index in [-0.39, 0.29) is 0 Å². The molecule has 0 saturated carbocycles. The molecule has 0 radical (unpaired) electrons. The van der Waals surface area contributed by atoms with Crippen LogP contribution in [0.3, 0.4) is 0 Å². The van der Waals surface area contributed by atoms with E-state index >= 15 is 0 Å². The van der Waals surface area contributed by atoms with Gasteiger partial charge >= 0.3 is 0 Å². The first-order valence-corrected chi connectivity index (χ1v) is 9.49. The molecule has 0 aromatic carbocycles. The summed E-state index contributed by atoms with van der Waals surface area (Å²) in [5.41, 5.74) is 0. The van der Waals surface area contributed by atoms with Crippen molar-refractivity contribution < 1.29 is 0 Å². The van der Waals surface area contributed by atoms with Crippen LogP contribution in [0.2, 0.25) is 0 Å². The molecular formula is C19H41N. The van der Waals surface area contributed by atoms with Crippen LogP contribution in [0.25, 0.3) is 0 Å². The molecule has 2 unspecified atom stereocenters. The van der Waals surface area contributed by atoms with E-state index in [1.54, 1.807) is 0 Å². The lowest BCUT2D eigenvalue weighted by Crippen LogP contribution is -2.34. The Balaban J connectivity index is 3.30. The van der Waals surface area contributed by atoms with E-state index < -0.39 is 0 Å². The Morgan fingerprint density at radius 1 is 0.700 bits per heavy atom. The van der Waals surface area contributed by atoms with Gasteiger partial charge in [-0.3, -0.25) is 0 Å². The van der Waals surface area contributed by atoms with Crippen LogP contribution in [0.5, 0.6) is 0 Å². The lowest BCUT2D eigenvalue weighted by molar-refractivity contribution is 0.342. The van der Waals surface area contributed by atoms with Crippen molar-refractivity contribution >= 4 is 0 Å². The Labute approximate surface area is 129 Å². The number of hydrogen-bond acceptors (Lipinski definition) is 1. The van der Waals surface area contributed by atoms with Crippen LogP contribution in [0, 0.1) is 5.92 Å². The third-order valence-corrected chi connectivity index (χ3v) is 4.61. The highest BCUT2D eigenvalue weighted by Gasteiger charge is 2.13. The molecule has 0 aliphatic heterocycles. The molecule has 0 aromatic rings. The molecule has 0 rings (SSSR count). The van der Waals surface area contributed by atoms with Crippen molar-refractivity contribution in [2.75, 3.05) is 6.54 Å². The second kappa shape index (κ2) is 15.4. The van der Waals surface area contributed by atoms with Gasteiger partial charge in [-0.05, 0) is 25.3 Å². The van der Waals surface area contributed by atoms with Gasteiger partial charge in [0.1, 0.15) is 0 Å². The van der Waals surface area contributed by atoms with Gasteiger partial charge in [-0.25, -0.2) is 0 Å². The van der Waals surface area contributed by atoms with Crippen molar-refractivity contribution in [1.29, 1.82) is 0 Å². The summed E-state index contributed by atoms with van der Waals surface area (Å²) in [6, 6.07) is 0.735. The Bertz CT molecular complexity index is 179. The molecule has 20 heavy (non-hydrogen) atoms. The van der Waals surface area contributed by atoms with Crippen LogP contribution in [-0.2, 0) is 0 Å². The molecule has 0 spiro atoms. The maximum atomic E-state index is 3.62. The minimum absolute atomic E-state index is 0.735. The molecular weight excluding hydrogens is 242 g/mol. The fourth-order valence-corrected chi connectivity index (χ4v) is 3.17. The zero-order chi connectivity index (χ0) is 15.1. The maximum absolute atomic E-state index is 3.62. The minimum Gasteiger partial charge on any atom is -0.314 e. The molecule has 0 bridgehead atoms. The summed E-state index contributed by atoms with van der Waals surface area (Å²) in [5, 5.41) is 3.62. The van der Waals surface area contributed by atoms with Crippen molar-refractivity contribution in [3.8, 4) is 0 Å². The van der Waals surface area contributed by atoms with Crippen LogP contribution in [0.15, 0.2) is 0 Å². The largest absolute Gasteiger partial charge is 0.314 e. The third-order valence-electron chi connectivity index (χ3n) is 4.61. The second-order valence-corrected chi connectivity index (χ2v) is 6.52. The number of hydrogen-bond donors (Lipinski definition) is 1. The standard InChI is InChI=1S/C19H41N/c1-5-8-9-10-11-12-13-14-15-16-17-18(4)19(6-2)20-7-3/h18-20H,5-17H2,1-4H3. The summed E-state index contributed by atoms with van der Waals surface area (Å²) in [6.45, 7) is 10.4. The monoisotopic (exact) mass is 283 g/mol. The van der Waals surface area contributed by atoms with Crippen molar-refractivity contribution in [3.05, 3.63) is 0 Å². The molecule has 0 amide bonds. The predicted molar refractivity (Wildman–Crippen MR) is 93.4 cm³/mol. The van der Waals surface area contributed by atoms with Crippen LogP contribution in [-0.4, -0.2) is 12.6 Å². The molecule has 0 aliphatic carbocycles. The summed E-state index contributed by atoms with van der Waals surface area (Å²) in [7, 11) is 0. The summed E-state index contributed by atoms with van der Waals surface area (Å²) in [5.74, 6) is 0.842. The first-order chi connectivity index (χ1) is 9.76. The van der Waals surface area contributed by atoms with Gasteiger partial charge in [0, 0.05) is 6.04 Å². The van der Waals surface area contributed by atoms with Gasteiger partial charge in [0.25, 0.3) is 0 Å². The van der Waals surface area contributed by atoms with Gasteiger partial charge in [-0.1, -0.05) is 91.9 Å². The molecule has 0 fully saturated rings. The van der Waals surface area contributed by atoms with Crippen LogP contribution < -0.4 is 5.32 Å². The number of nitrogens with one attached hydrogen (secondary N) is 1. The van der Waals surface area contributed by atoms with Crippen molar-refractivity contribution in [2.24, 2.45) is 5.92 Å². The molecule has 0 aromatic heterocycles. The molecule has 122 valence electrons. The normalized spacial score (nSPS) is 14.4. The lowest BCUT2D eigenvalue weighted by atomic mass is 9.93. The first-order valence-electron chi connectivity index (χ1n) is 9.49. The summed E-state index contributed by atoms with van der Waals surface area (Å²) < 4.78 is 0. The molecule has 1 N–H and O–H groups in total. The SMILES string of the molecule is CCCCCCCCCCCCC(C)C(CC)NCC. The third kappa shape index (κ3) is 11.8. The molecule has 0 saturated heterocycles. The molecule has 0 heterocycles. The fourth-order valence-electron chi connectivity index (χ4n) is 3.17. The van der Waals surface area contributed by atoms with E-state index in [0.29, 0.717) is 0 Å². The molecule has 2 atom stereocenters. The minimum atomic E-state index is 0.735. The highest BCUT2D eigenvalue weighted by atomic mass is 14.9. The number of unbranched alkanes of at least 4 members (excludes halogenated alkanes) is 9. The van der Waals surface area contributed by atoms with Crippen molar-refractivity contribution in [2.45, 2.75) is 111 Å². The first kappa shape index (κ1) is 20.0. The Hall–Kier alpha value is -0.0400. The fraction of sp³-hybridized carbons (Fsp3) is 1.00. The van der Waals surface area contributed by atoms with Crippen molar-refractivity contribution in [3.63, 3.8) is 0 Å². The zero-order valence-electron chi connectivity index (χ0n) is 14.8. The van der Waals surface area contributed by atoms with E-state index in [9.17, 15) is 0 Å². The van der Waals surface area contributed by atoms with Gasteiger partial charge < -0.3 is 5.32 Å². The van der Waals surface area contributed by atoms with E-state index in [1.165, 1.54) is 77.0 Å². The zero-order valence-corrected chi connectivity index (χ0v) is 14.8. The molecule has 0 aliphatic rings. The van der Waals surface area contributed by atoms with Gasteiger partial charge in [0.15, 0.2) is 0 Å². The quantitative estimate of drug-likeness (QED) is 0.347. The average molecular weight is 284 g/mol. The van der Waals surface area contributed by atoms with E-state index in [1.807, 2.05) is 0 Å². The topological polar surface area (TPSA) is 12.0 Å². The highest BCUT2D eigenvalue weighted by Crippen LogP contribution is 2.17. The Morgan fingerprint density at radius 3 is 1.65 bits per heavy atom. The predicted octanol–water partition coefficient (Wildman–Crippen LogP) is 6.32. The van der Waals surface area contributed by atoms with E-state index in [0.717, 1.165) is 18.5 Å². The van der Waals surface area contributed by atoms with Gasteiger partial charge in [-0.15, -0.1) is 0 Å². The lowest BCUT2D eigenvalue weighted by Gasteiger charge is -2.23. The maximum Gasteiger partial charge on any atom is 0.00899 e. The van der Waals surface area contributed by atoms with E-state index in [4.69, 9.17) is 0 Å². The summed E-state index contributed by atoms with van der Waals surface area (Å²) in [6.07, 6.45) is 17.1. The van der Waals surface area contributed by atoms with Crippen LogP contribution in [0.1, 0.15) is 105 Å².